The molecule has 0 aliphatic carbocycles. The highest BCUT2D eigenvalue weighted by Crippen LogP contribution is 2.19. The lowest BCUT2D eigenvalue weighted by Gasteiger charge is -2.09. The Morgan fingerprint density at radius 2 is 2.10 bits per heavy atom. The summed E-state index contributed by atoms with van der Waals surface area (Å²) in [7, 11) is 1.71. The Kier molecular flexibility index (Phi) is 4.57. The van der Waals surface area contributed by atoms with Crippen LogP contribution in [0.4, 0.5) is 11.6 Å². The molecule has 2 heterocycles. The summed E-state index contributed by atoms with van der Waals surface area (Å²) < 4.78 is 0.859. The number of carbonyl (C=O) groups excluding carboxylic acids is 1. The number of aromatic nitrogens is 2. The minimum atomic E-state index is -0.288. The molecule has 0 radical (unpaired) electrons. The summed E-state index contributed by atoms with van der Waals surface area (Å²) in [5.74, 6) is 0.754. The molecule has 0 atom stereocenters. The molecule has 5 nitrogen and oxygen atoms in total. The maximum absolute atomic E-state index is 12.2. The lowest BCUT2D eigenvalue weighted by atomic mass is 10.2. The Morgan fingerprint density at radius 1 is 1.35 bits per heavy atom. The number of halogens is 2. The second-order valence-electron chi connectivity index (χ2n) is 4.09. The van der Waals surface area contributed by atoms with Gasteiger partial charge in [0.25, 0.3) is 5.91 Å². The first kappa shape index (κ1) is 14.7. The van der Waals surface area contributed by atoms with Crippen LogP contribution in [0.15, 0.2) is 28.9 Å². The van der Waals surface area contributed by atoms with Crippen LogP contribution in [-0.4, -0.2) is 22.9 Å². The van der Waals surface area contributed by atoms with Gasteiger partial charge in [-0.05, 0) is 46.6 Å². The standard InChI is InChI=1S/C13H12BrClN4O/c1-7-3-9(14)6-17-12(7)19-13(20)8-4-10(15)18-11(5-8)16-2/h3-6H,1-2H3,(H,16,18)(H,17,19,20). The summed E-state index contributed by atoms with van der Waals surface area (Å²) in [5, 5.41) is 5.85. The summed E-state index contributed by atoms with van der Waals surface area (Å²) in [6, 6.07) is 5.00. The van der Waals surface area contributed by atoms with Crippen LogP contribution in [0.3, 0.4) is 0 Å². The Morgan fingerprint density at radius 3 is 2.75 bits per heavy atom. The van der Waals surface area contributed by atoms with Gasteiger partial charge in [0, 0.05) is 23.3 Å². The number of nitrogens with one attached hydrogen (secondary N) is 2. The monoisotopic (exact) mass is 354 g/mol. The fraction of sp³-hybridized carbons (Fsp3) is 0.154. The van der Waals surface area contributed by atoms with E-state index in [1.54, 1.807) is 19.3 Å². The van der Waals surface area contributed by atoms with Crippen LogP contribution in [0.1, 0.15) is 15.9 Å². The number of nitrogens with zero attached hydrogens (tertiary/aromatic N) is 2. The molecule has 2 aromatic heterocycles. The zero-order chi connectivity index (χ0) is 14.7. The topological polar surface area (TPSA) is 66.9 Å². The first-order valence-electron chi connectivity index (χ1n) is 5.78. The van der Waals surface area contributed by atoms with Gasteiger partial charge < -0.3 is 10.6 Å². The van der Waals surface area contributed by atoms with Gasteiger partial charge in [0.2, 0.25) is 0 Å². The van der Waals surface area contributed by atoms with E-state index in [2.05, 4.69) is 36.5 Å². The Hall–Kier alpha value is -1.66. The molecule has 0 saturated heterocycles. The second kappa shape index (κ2) is 6.19. The highest BCUT2D eigenvalue weighted by molar-refractivity contribution is 9.10. The number of anilines is 2. The third-order valence-electron chi connectivity index (χ3n) is 2.59. The van der Waals surface area contributed by atoms with Crippen LogP contribution in [0.25, 0.3) is 0 Å². The van der Waals surface area contributed by atoms with Crippen molar-refractivity contribution in [3.8, 4) is 0 Å². The van der Waals surface area contributed by atoms with E-state index in [1.807, 2.05) is 13.0 Å². The van der Waals surface area contributed by atoms with Gasteiger partial charge in [0.05, 0.1) is 0 Å². The zero-order valence-electron chi connectivity index (χ0n) is 10.9. The fourth-order valence-electron chi connectivity index (χ4n) is 1.61. The van der Waals surface area contributed by atoms with Crippen molar-refractivity contribution in [1.82, 2.24) is 9.97 Å². The van der Waals surface area contributed by atoms with Gasteiger partial charge >= 0.3 is 0 Å². The average Bonchev–Trinajstić information content (AvgIpc) is 2.41. The van der Waals surface area contributed by atoms with Gasteiger partial charge in [0.1, 0.15) is 16.8 Å². The quantitative estimate of drug-likeness (QED) is 0.827. The largest absolute Gasteiger partial charge is 0.373 e. The molecule has 2 N–H and O–H groups in total. The number of aryl methyl sites for hydroxylation is 1. The molecule has 0 fully saturated rings. The van der Waals surface area contributed by atoms with Gasteiger partial charge in [-0.15, -0.1) is 0 Å². The minimum Gasteiger partial charge on any atom is -0.373 e. The van der Waals surface area contributed by atoms with Crippen molar-refractivity contribution in [3.63, 3.8) is 0 Å². The van der Waals surface area contributed by atoms with Crippen LogP contribution in [0.5, 0.6) is 0 Å². The minimum absolute atomic E-state index is 0.252. The van der Waals surface area contributed by atoms with E-state index in [0.717, 1.165) is 10.0 Å². The second-order valence-corrected chi connectivity index (χ2v) is 5.39. The number of rotatable bonds is 3. The molecule has 0 unspecified atom stereocenters. The molecule has 0 bridgehead atoms. The van der Waals surface area contributed by atoms with Crippen molar-refractivity contribution in [2.75, 3.05) is 17.7 Å². The fourth-order valence-corrected chi connectivity index (χ4v) is 2.26. The maximum Gasteiger partial charge on any atom is 0.257 e. The molecule has 0 aliphatic rings. The number of amides is 1. The molecule has 7 heteroatoms. The molecule has 0 aromatic carbocycles. The van der Waals surface area contributed by atoms with E-state index in [4.69, 9.17) is 11.6 Å². The van der Waals surface area contributed by atoms with Crippen molar-refractivity contribution in [3.05, 3.63) is 45.1 Å². The molecule has 0 saturated carbocycles. The first-order chi connectivity index (χ1) is 9.49. The van der Waals surface area contributed by atoms with Gasteiger partial charge in [-0.2, -0.15) is 0 Å². The molecular formula is C13H12BrClN4O. The zero-order valence-corrected chi connectivity index (χ0v) is 13.2. The molecule has 2 aromatic rings. The van der Waals surface area contributed by atoms with Crippen molar-refractivity contribution >= 4 is 45.1 Å². The smallest absolute Gasteiger partial charge is 0.257 e. The van der Waals surface area contributed by atoms with E-state index in [9.17, 15) is 4.79 Å². The predicted molar refractivity (Wildman–Crippen MR) is 83.4 cm³/mol. The van der Waals surface area contributed by atoms with E-state index in [0.29, 0.717) is 17.2 Å². The SMILES string of the molecule is CNc1cc(C(=O)Nc2ncc(Br)cc2C)cc(Cl)n1. The summed E-state index contributed by atoms with van der Waals surface area (Å²) in [6.07, 6.45) is 1.63. The highest BCUT2D eigenvalue weighted by Gasteiger charge is 2.11. The van der Waals surface area contributed by atoms with Crippen LogP contribution in [-0.2, 0) is 0 Å². The van der Waals surface area contributed by atoms with Crippen molar-refractivity contribution in [2.24, 2.45) is 0 Å². The Bertz CT molecular complexity index is 663. The third kappa shape index (κ3) is 3.46. The number of carbonyl (C=O) groups is 1. The first-order valence-corrected chi connectivity index (χ1v) is 6.95. The van der Waals surface area contributed by atoms with Gasteiger partial charge in [-0.25, -0.2) is 9.97 Å². The van der Waals surface area contributed by atoms with Crippen molar-refractivity contribution in [2.45, 2.75) is 6.92 Å². The normalized spacial score (nSPS) is 10.2. The average molecular weight is 356 g/mol. The molecule has 1 amide bonds. The van der Waals surface area contributed by atoms with Crippen molar-refractivity contribution in [1.29, 1.82) is 0 Å². The summed E-state index contributed by atoms with van der Waals surface area (Å²) in [5.41, 5.74) is 1.28. The van der Waals surface area contributed by atoms with Crippen molar-refractivity contribution < 1.29 is 4.79 Å². The molecule has 20 heavy (non-hydrogen) atoms. The van der Waals surface area contributed by atoms with E-state index >= 15 is 0 Å². The number of hydrogen-bond acceptors (Lipinski definition) is 4. The van der Waals surface area contributed by atoms with Gasteiger partial charge in [-0.1, -0.05) is 11.6 Å². The summed E-state index contributed by atoms with van der Waals surface area (Å²) in [6.45, 7) is 1.87. The maximum atomic E-state index is 12.2. The van der Waals surface area contributed by atoms with Crippen LogP contribution >= 0.6 is 27.5 Å². The van der Waals surface area contributed by atoms with E-state index in [1.165, 1.54) is 6.07 Å². The molecule has 2 rings (SSSR count). The van der Waals surface area contributed by atoms with Gasteiger partial charge in [-0.3, -0.25) is 4.79 Å². The Labute approximate surface area is 129 Å². The van der Waals surface area contributed by atoms with Crippen LogP contribution < -0.4 is 10.6 Å². The number of pyridine rings is 2. The molecule has 0 aliphatic heterocycles. The molecule has 0 spiro atoms. The molecule has 104 valence electrons. The molecular weight excluding hydrogens is 344 g/mol. The Balaban J connectivity index is 2.26. The van der Waals surface area contributed by atoms with Crippen LogP contribution in [0.2, 0.25) is 5.15 Å². The highest BCUT2D eigenvalue weighted by atomic mass is 79.9. The predicted octanol–water partition coefficient (Wildman–Crippen LogP) is 3.49. The summed E-state index contributed by atoms with van der Waals surface area (Å²) >= 11 is 9.20. The number of hydrogen-bond donors (Lipinski definition) is 2. The van der Waals surface area contributed by atoms with Crippen LogP contribution in [0, 0.1) is 6.92 Å². The van der Waals surface area contributed by atoms with E-state index < -0.39 is 0 Å². The lowest BCUT2D eigenvalue weighted by Crippen LogP contribution is -2.14. The lowest BCUT2D eigenvalue weighted by molar-refractivity contribution is 0.102. The third-order valence-corrected chi connectivity index (χ3v) is 3.22. The van der Waals surface area contributed by atoms with Gasteiger partial charge in [0.15, 0.2) is 0 Å². The van der Waals surface area contributed by atoms with E-state index in [-0.39, 0.29) is 11.1 Å². The summed E-state index contributed by atoms with van der Waals surface area (Å²) in [4.78, 5) is 20.4.